The predicted molar refractivity (Wildman–Crippen MR) is 97.1 cm³/mol. The zero-order chi connectivity index (χ0) is 18.4. The van der Waals surface area contributed by atoms with Crippen LogP contribution >= 0.6 is 11.3 Å². The lowest BCUT2D eigenvalue weighted by molar-refractivity contribution is 0.103. The molecule has 10 heteroatoms. The average Bonchev–Trinajstić information content (AvgIpc) is 2.84. The maximum absolute atomic E-state index is 12.5. The molecule has 2 aromatic heterocycles. The number of carbonyl (C=O) groups is 1. The van der Waals surface area contributed by atoms with Gasteiger partial charge in [-0.3, -0.25) is 4.79 Å². The van der Waals surface area contributed by atoms with E-state index in [1.165, 1.54) is 35.6 Å². The highest BCUT2D eigenvalue weighted by molar-refractivity contribution is 7.89. The van der Waals surface area contributed by atoms with Crippen LogP contribution < -0.4 is 16.2 Å². The number of nitrogens with one attached hydrogen (secondary N) is 1. The van der Waals surface area contributed by atoms with Gasteiger partial charge in [0.2, 0.25) is 10.0 Å². The molecule has 0 fully saturated rings. The number of hydrogen-bond acceptors (Lipinski definition) is 7. The van der Waals surface area contributed by atoms with Gasteiger partial charge in [-0.2, -0.15) is 0 Å². The van der Waals surface area contributed by atoms with Crippen molar-refractivity contribution in [2.24, 2.45) is 5.14 Å². The van der Waals surface area contributed by atoms with Crippen LogP contribution in [0.1, 0.15) is 21.2 Å². The van der Waals surface area contributed by atoms with Gasteiger partial charge >= 0.3 is 0 Å². The van der Waals surface area contributed by atoms with Gasteiger partial charge in [0, 0.05) is 5.69 Å². The number of thiophene rings is 1. The third-order valence-corrected chi connectivity index (χ3v) is 5.56. The van der Waals surface area contributed by atoms with Crippen molar-refractivity contribution in [3.05, 3.63) is 40.7 Å². The summed E-state index contributed by atoms with van der Waals surface area (Å²) in [5.74, 6) is 0.206. The molecule has 0 bridgehead atoms. The number of benzene rings is 1. The largest absolute Gasteiger partial charge is 0.397 e. The number of nitrogen functional groups attached to an aromatic ring is 1. The van der Waals surface area contributed by atoms with E-state index in [4.69, 9.17) is 10.9 Å². The molecule has 3 rings (SSSR count). The van der Waals surface area contributed by atoms with Gasteiger partial charge in [-0.05, 0) is 38.1 Å². The van der Waals surface area contributed by atoms with E-state index in [-0.39, 0.29) is 4.90 Å². The zero-order valence-corrected chi connectivity index (χ0v) is 15.0. The van der Waals surface area contributed by atoms with Gasteiger partial charge in [-0.25, -0.2) is 23.5 Å². The molecule has 2 heterocycles. The Balaban J connectivity index is 1.93. The number of aromatic nitrogens is 2. The Kier molecular flexibility index (Phi) is 4.19. The fraction of sp³-hybridized carbons (Fsp3) is 0.133. The maximum Gasteiger partial charge on any atom is 0.267 e. The van der Waals surface area contributed by atoms with Crippen molar-refractivity contribution in [1.82, 2.24) is 9.97 Å². The molecule has 5 N–H and O–H groups in total. The first-order chi connectivity index (χ1) is 11.7. The molecule has 0 aliphatic carbocycles. The summed E-state index contributed by atoms with van der Waals surface area (Å²) in [5, 5.41) is 8.40. The molecular formula is C15H15N5O3S2. The molecule has 1 aromatic carbocycles. The summed E-state index contributed by atoms with van der Waals surface area (Å²) < 4.78 is 22.5. The first-order valence-corrected chi connectivity index (χ1v) is 9.50. The van der Waals surface area contributed by atoms with Gasteiger partial charge in [0.15, 0.2) is 0 Å². The zero-order valence-electron chi connectivity index (χ0n) is 13.4. The number of anilines is 2. The summed E-state index contributed by atoms with van der Waals surface area (Å²) in [5.41, 5.74) is 7.57. The Bertz CT molecular complexity index is 1090. The van der Waals surface area contributed by atoms with Gasteiger partial charge in [0.25, 0.3) is 5.91 Å². The quantitative estimate of drug-likeness (QED) is 0.635. The highest BCUT2D eigenvalue weighted by atomic mass is 32.2. The number of nitrogens with two attached hydrogens (primary N) is 2. The maximum atomic E-state index is 12.5. The van der Waals surface area contributed by atoms with Crippen LogP contribution in [0, 0.1) is 13.8 Å². The first-order valence-electron chi connectivity index (χ1n) is 7.14. The third kappa shape index (κ3) is 3.31. The van der Waals surface area contributed by atoms with Crippen molar-refractivity contribution in [2.75, 3.05) is 11.1 Å². The number of fused-ring (bicyclic) bond motifs is 1. The predicted octanol–water partition coefficient (Wildman–Crippen LogP) is 1.79. The Labute approximate surface area is 147 Å². The minimum atomic E-state index is -3.78. The highest BCUT2D eigenvalue weighted by Crippen LogP contribution is 2.34. The molecule has 0 radical (unpaired) electrons. The van der Waals surface area contributed by atoms with E-state index in [2.05, 4.69) is 15.3 Å². The Morgan fingerprint density at radius 3 is 2.40 bits per heavy atom. The number of sulfonamides is 1. The molecule has 0 saturated carbocycles. The van der Waals surface area contributed by atoms with Crippen molar-refractivity contribution in [2.45, 2.75) is 18.7 Å². The molecule has 0 spiro atoms. The highest BCUT2D eigenvalue weighted by Gasteiger charge is 2.20. The fourth-order valence-corrected chi connectivity index (χ4v) is 4.02. The van der Waals surface area contributed by atoms with Crippen LogP contribution in [-0.2, 0) is 10.0 Å². The molecule has 0 atom stereocenters. The van der Waals surface area contributed by atoms with Crippen LogP contribution in [0.15, 0.2) is 29.2 Å². The Morgan fingerprint density at radius 2 is 1.80 bits per heavy atom. The molecule has 3 aromatic rings. The second kappa shape index (κ2) is 6.06. The van der Waals surface area contributed by atoms with Crippen molar-refractivity contribution in [3.63, 3.8) is 0 Å². The van der Waals surface area contributed by atoms with Crippen molar-refractivity contribution >= 4 is 48.9 Å². The number of amides is 1. The summed E-state index contributed by atoms with van der Waals surface area (Å²) in [7, 11) is -3.78. The minimum absolute atomic E-state index is 0.0340. The number of carbonyl (C=O) groups excluding carboxylic acids is 1. The lowest BCUT2D eigenvalue weighted by Crippen LogP contribution is -2.14. The fourth-order valence-electron chi connectivity index (χ4n) is 2.41. The molecule has 25 heavy (non-hydrogen) atoms. The SMILES string of the molecule is Cc1nc(C)c2c(N)c(C(=O)Nc3ccc(S(N)(=O)=O)cc3)sc2n1. The smallest absolute Gasteiger partial charge is 0.267 e. The first kappa shape index (κ1) is 17.3. The van der Waals surface area contributed by atoms with Gasteiger partial charge in [-0.1, -0.05) is 0 Å². The van der Waals surface area contributed by atoms with E-state index in [9.17, 15) is 13.2 Å². The number of primary sulfonamides is 1. The Morgan fingerprint density at radius 1 is 1.16 bits per heavy atom. The molecule has 8 nitrogen and oxygen atoms in total. The Hall–Kier alpha value is -2.56. The van der Waals surface area contributed by atoms with Crippen LogP contribution in [0.2, 0.25) is 0 Å². The topological polar surface area (TPSA) is 141 Å². The molecule has 1 amide bonds. The number of aryl methyl sites for hydroxylation is 2. The molecule has 130 valence electrons. The summed E-state index contributed by atoms with van der Waals surface area (Å²) in [4.78, 5) is 22.0. The van der Waals surface area contributed by atoms with Gasteiger partial charge in [-0.15, -0.1) is 11.3 Å². The van der Waals surface area contributed by atoms with Crippen molar-refractivity contribution in [3.8, 4) is 0 Å². The van der Waals surface area contributed by atoms with E-state index >= 15 is 0 Å². The normalized spacial score (nSPS) is 11.6. The van der Waals surface area contributed by atoms with Crippen molar-refractivity contribution < 1.29 is 13.2 Å². The van der Waals surface area contributed by atoms with Crippen molar-refractivity contribution in [1.29, 1.82) is 0 Å². The summed E-state index contributed by atoms with van der Waals surface area (Å²) in [6, 6.07) is 5.54. The third-order valence-electron chi connectivity index (χ3n) is 3.53. The number of nitrogens with zero attached hydrogens (tertiary/aromatic N) is 2. The lowest BCUT2D eigenvalue weighted by Gasteiger charge is -2.05. The molecule has 0 unspecified atom stereocenters. The molecular weight excluding hydrogens is 362 g/mol. The van der Waals surface area contributed by atoms with Gasteiger partial charge in [0.05, 0.1) is 21.7 Å². The molecule has 0 aliphatic rings. The summed E-state index contributed by atoms with van der Waals surface area (Å²) >= 11 is 1.18. The van der Waals surface area contributed by atoms with Crippen LogP contribution in [0.4, 0.5) is 11.4 Å². The number of hydrogen-bond donors (Lipinski definition) is 3. The monoisotopic (exact) mass is 377 g/mol. The van der Waals surface area contributed by atoms with E-state index in [0.29, 0.717) is 38.0 Å². The van der Waals surface area contributed by atoms with E-state index in [1.54, 1.807) is 6.92 Å². The van der Waals surface area contributed by atoms with Crippen LogP contribution in [0.3, 0.4) is 0 Å². The van der Waals surface area contributed by atoms with E-state index in [0.717, 1.165) is 0 Å². The van der Waals surface area contributed by atoms with E-state index in [1.807, 2.05) is 6.92 Å². The number of rotatable bonds is 3. The minimum Gasteiger partial charge on any atom is -0.397 e. The van der Waals surface area contributed by atoms with Crippen LogP contribution in [0.5, 0.6) is 0 Å². The molecule has 0 aliphatic heterocycles. The lowest BCUT2D eigenvalue weighted by atomic mass is 10.2. The standard InChI is InChI=1S/C15H15N5O3S2/c1-7-11-12(16)13(24-15(11)19-8(2)18-7)14(21)20-9-3-5-10(6-4-9)25(17,22)23/h3-6H,16H2,1-2H3,(H,20,21)(H2,17,22,23). The molecule has 0 saturated heterocycles. The van der Waals surface area contributed by atoms with Crippen LogP contribution in [0.25, 0.3) is 10.2 Å². The second-order valence-corrected chi connectivity index (χ2v) is 7.97. The second-order valence-electron chi connectivity index (χ2n) is 5.40. The van der Waals surface area contributed by atoms with Gasteiger partial charge in [0.1, 0.15) is 15.5 Å². The van der Waals surface area contributed by atoms with E-state index < -0.39 is 15.9 Å². The summed E-state index contributed by atoms with van der Waals surface area (Å²) in [6.45, 7) is 3.59. The average molecular weight is 377 g/mol. The van der Waals surface area contributed by atoms with Gasteiger partial charge < -0.3 is 11.1 Å². The van der Waals surface area contributed by atoms with Crippen LogP contribution in [-0.4, -0.2) is 24.3 Å². The summed E-state index contributed by atoms with van der Waals surface area (Å²) in [6.07, 6.45) is 0.